The third kappa shape index (κ3) is 12.0. The Bertz CT molecular complexity index is 511. The van der Waals surface area contributed by atoms with Crippen LogP contribution in [0, 0.1) is 0 Å². The molecule has 0 aromatic carbocycles. The molecule has 1 heterocycles. The zero-order valence-electron chi connectivity index (χ0n) is 18.6. The molecule has 29 heavy (non-hydrogen) atoms. The number of hydrogen-bond donors (Lipinski definition) is 0. The van der Waals surface area contributed by atoms with E-state index in [-0.39, 0.29) is 12.4 Å². The predicted molar refractivity (Wildman–Crippen MR) is 116 cm³/mol. The molecular formula is C24H40O5. The van der Waals surface area contributed by atoms with E-state index >= 15 is 0 Å². The Morgan fingerprint density at radius 3 is 2.21 bits per heavy atom. The van der Waals surface area contributed by atoms with Gasteiger partial charge in [0.25, 0.3) is 0 Å². The topological polar surface area (TPSA) is 54.0 Å². The van der Waals surface area contributed by atoms with Crippen LogP contribution < -0.4 is 0 Å². The summed E-state index contributed by atoms with van der Waals surface area (Å²) in [5.41, 5.74) is 0. The lowest BCUT2D eigenvalue weighted by molar-refractivity contribution is -0.428. The smallest absolute Gasteiger partial charge is 0.308 e. The molecule has 0 saturated carbocycles. The van der Waals surface area contributed by atoms with Gasteiger partial charge in [-0.05, 0) is 32.3 Å². The second kappa shape index (κ2) is 16.4. The number of methoxy groups -OCH3 is 2. The lowest BCUT2D eigenvalue weighted by atomic mass is 10.0. The average molecular weight is 409 g/mol. The van der Waals surface area contributed by atoms with Crippen LogP contribution in [0.1, 0.15) is 84.0 Å². The molecule has 0 aromatic heterocycles. The van der Waals surface area contributed by atoms with Gasteiger partial charge < -0.3 is 9.47 Å². The van der Waals surface area contributed by atoms with Crippen LogP contribution in [0.4, 0.5) is 0 Å². The van der Waals surface area contributed by atoms with E-state index in [2.05, 4.69) is 29.0 Å². The fourth-order valence-electron chi connectivity index (χ4n) is 3.29. The van der Waals surface area contributed by atoms with E-state index in [0.717, 1.165) is 19.3 Å². The van der Waals surface area contributed by atoms with Gasteiger partial charge in [-0.1, -0.05) is 75.3 Å². The molecule has 166 valence electrons. The standard InChI is InChI=1S/C24H40O5/c1-4-5-6-7-8-9-10-11-12-13-14-15-16-17-19-24(27-3)20-18-22(28-29-24)21-23(25)26-2/h4-7,18,20,22H,8-17,19,21H2,1-3H3. The summed E-state index contributed by atoms with van der Waals surface area (Å²) in [5, 5.41) is 0. The third-order valence-electron chi connectivity index (χ3n) is 5.15. The van der Waals surface area contributed by atoms with Crippen molar-refractivity contribution >= 4 is 5.97 Å². The van der Waals surface area contributed by atoms with Crippen LogP contribution in [0.2, 0.25) is 0 Å². The number of rotatable bonds is 16. The minimum atomic E-state index is -0.839. The third-order valence-corrected chi connectivity index (χ3v) is 5.15. The van der Waals surface area contributed by atoms with Crippen molar-refractivity contribution in [2.75, 3.05) is 14.2 Å². The van der Waals surface area contributed by atoms with Crippen LogP contribution in [0.3, 0.4) is 0 Å². The Hall–Kier alpha value is -1.43. The summed E-state index contributed by atoms with van der Waals surface area (Å²) in [6.07, 6.45) is 25.2. The molecule has 0 fully saturated rings. The normalized spacial score (nSPS) is 22.0. The van der Waals surface area contributed by atoms with Crippen LogP contribution in [0.5, 0.6) is 0 Å². The number of carbonyl (C=O) groups excluding carboxylic acids is 1. The van der Waals surface area contributed by atoms with E-state index in [1.54, 1.807) is 7.11 Å². The molecule has 2 unspecified atom stereocenters. The maximum Gasteiger partial charge on any atom is 0.308 e. The molecule has 0 saturated heterocycles. The van der Waals surface area contributed by atoms with E-state index in [0.29, 0.717) is 0 Å². The van der Waals surface area contributed by atoms with Crippen LogP contribution in [-0.2, 0) is 24.0 Å². The quantitative estimate of drug-likeness (QED) is 0.1000. The van der Waals surface area contributed by atoms with Crippen LogP contribution >= 0.6 is 0 Å². The van der Waals surface area contributed by atoms with E-state index < -0.39 is 11.9 Å². The highest BCUT2D eigenvalue weighted by Crippen LogP contribution is 2.28. The summed E-state index contributed by atoms with van der Waals surface area (Å²) in [4.78, 5) is 22.1. The maximum absolute atomic E-state index is 11.3. The van der Waals surface area contributed by atoms with Gasteiger partial charge >= 0.3 is 5.97 Å². The molecule has 1 aliphatic heterocycles. The van der Waals surface area contributed by atoms with Crippen LogP contribution in [0.15, 0.2) is 36.5 Å². The van der Waals surface area contributed by atoms with Crippen LogP contribution in [0.25, 0.3) is 0 Å². The first kappa shape index (κ1) is 25.6. The molecule has 0 aliphatic carbocycles. The van der Waals surface area contributed by atoms with Gasteiger partial charge in [0.05, 0.1) is 13.5 Å². The average Bonchev–Trinajstić information content (AvgIpc) is 2.75. The Labute approximate surface area is 177 Å². The van der Waals surface area contributed by atoms with Gasteiger partial charge in [0.15, 0.2) is 0 Å². The van der Waals surface area contributed by atoms with Gasteiger partial charge in [-0.3, -0.25) is 4.79 Å². The molecule has 1 aliphatic rings. The summed E-state index contributed by atoms with van der Waals surface area (Å²) >= 11 is 0. The van der Waals surface area contributed by atoms with Crippen molar-refractivity contribution in [2.45, 2.75) is 95.9 Å². The second-order valence-corrected chi connectivity index (χ2v) is 7.55. The van der Waals surface area contributed by atoms with Gasteiger partial charge in [-0.15, -0.1) is 0 Å². The summed E-state index contributed by atoms with van der Waals surface area (Å²) in [6.45, 7) is 2.04. The summed E-state index contributed by atoms with van der Waals surface area (Å²) in [6, 6.07) is 0. The number of esters is 1. The SMILES string of the molecule is CC=CC=CCCCCCCCCCCCC1(OC)C=CC(CC(=O)OC)OO1. The van der Waals surface area contributed by atoms with Gasteiger partial charge in [0.1, 0.15) is 6.10 Å². The molecular weight excluding hydrogens is 368 g/mol. The van der Waals surface area contributed by atoms with Gasteiger partial charge in [-0.2, -0.15) is 4.89 Å². The van der Waals surface area contributed by atoms with Crippen molar-refractivity contribution in [1.29, 1.82) is 0 Å². The summed E-state index contributed by atoms with van der Waals surface area (Å²) < 4.78 is 10.2. The molecule has 0 N–H and O–H groups in total. The maximum atomic E-state index is 11.3. The first-order valence-electron chi connectivity index (χ1n) is 11.1. The molecule has 0 radical (unpaired) electrons. The van der Waals surface area contributed by atoms with Crippen molar-refractivity contribution in [2.24, 2.45) is 0 Å². The number of allylic oxidation sites excluding steroid dienone is 4. The van der Waals surface area contributed by atoms with E-state index in [1.165, 1.54) is 58.5 Å². The predicted octanol–water partition coefficient (Wildman–Crippen LogP) is 6.20. The fraction of sp³-hybridized carbons (Fsp3) is 0.708. The minimum Gasteiger partial charge on any atom is -0.469 e. The molecule has 0 spiro atoms. The Balaban J connectivity index is 2.03. The summed E-state index contributed by atoms with van der Waals surface area (Å²) in [5.74, 6) is -1.16. The lowest BCUT2D eigenvalue weighted by Crippen LogP contribution is -2.38. The van der Waals surface area contributed by atoms with Crippen molar-refractivity contribution < 1.29 is 24.0 Å². The Morgan fingerprint density at radius 2 is 1.66 bits per heavy atom. The van der Waals surface area contributed by atoms with Crippen molar-refractivity contribution in [3.63, 3.8) is 0 Å². The van der Waals surface area contributed by atoms with Crippen molar-refractivity contribution in [3.05, 3.63) is 36.5 Å². The van der Waals surface area contributed by atoms with Gasteiger partial charge in [-0.25, -0.2) is 4.89 Å². The fourth-order valence-corrected chi connectivity index (χ4v) is 3.29. The Kier molecular flexibility index (Phi) is 14.5. The minimum absolute atomic E-state index is 0.139. The zero-order chi connectivity index (χ0) is 21.2. The van der Waals surface area contributed by atoms with E-state index in [4.69, 9.17) is 14.5 Å². The first-order valence-corrected chi connectivity index (χ1v) is 11.1. The number of unbranched alkanes of at least 4 members (excludes halogenated alkanes) is 9. The van der Waals surface area contributed by atoms with Gasteiger partial charge in [0, 0.05) is 13.5 Å². The largest absolute Gasteiger partial charge is 0.469 e. The Morgan fingerprint density at radius 1 is 1.00 bits per heavy atom. The molecule has 0 aromatic rings. The zero-order valence-corrected chi connectivity index (χ0v) is 18.6. The molecule has 0 amide bonds. The van der Waals surface area contributed by atoms with E-state index in [1.807, 2.05) is 19.1 Å². The number of hydrogen-bond acceptors (Lipinski definition) is 5. The second-order valence-electron chi connectivity index (χ2n) is 7.55. The molecule has 1 rings (SSSR count). The van der Waals surface area contributed by atoms with Crippen molar-refractivity contribution in [1.82, 2.24) is 0 Å². The number of ether oxygens (including phenoxy) is 2. The lowest BCUT2D eigenvalue weighted by Gasteiger charge is -2.32. The first-order chi connectivity index (χ1) is 14.2. The highest BCUT2D eigenvalue weighted by Gasteiger charge is 2.34. The molecule has 0 bridgehead atoms. The highest BCUT2D eigenvalue weighted by molar-refractivity contribution is 5.70. The molecule has 2 atom stereocenters. The summed E-state index contributed by atoms with van der Waals surface area (Å²) in [7, 11) is 2.98. The monoisotopic (exact) mass is 408 g/mol. The van der Waals surface area contributed by atoms with Gasteiger partial charge in [0.2, 0.25) is 5.79 Å². The highest BCUT2D eigenvalue weighted by atomic mass is 17.2. The van der Waals surface area contributed by atoms with E-state index in [9.17, 15) is 4.79 Å². The number of carbonyl (C=O) groups is 1. The van der Waals surface area contributed by atoms with Crippen molar-refractivity contribution in [3.8, 4) is 0 Å². The van der Waals surface area contributed by atoms with Crippen LogP contribution in [-0.4, -0.2) is 32.1 Å². The molecule has 5 heteroatoms. The molecule has 5 nitrogen and oxygen atoms in total.